The zero-order valence-corrected chi connectivity index (χ0v) is 38.3. The summed E-state index contributed by atoms with van der Waals surface area (Å²) in [4.78, 5) is 58.7. The number of hydrogen-bond acceptors (Lipinski definition) is 14. The number of unbranched alkanes of at least 4 members (excludes halogenated alkanes) is 9. The predicted molar refractivity (Wildman–Crippen MR) is 258 cm³/mol. The number of anilines is 1. The lowest BCUT2D eigenvalue weighted by Crippen LogP contribution is -2.20. The van der Waals surface area contributed by atoms with E-state index < -0.39 is 23.9 Å². The summed E-state index contributed by atoms with van der Waals surface area (Å²) < 4.78 is 33.5. The van der Waals surface area contributed by atoms with Gasteiger partial charge in [0.05, 0.1) is 61.0 Å². The summed E-state index contributed by atoms with van der Waals surface area (Å²) in [6.45, 7) is 11.2. The Bertz CT molecular complexity index is 2400. The quantitative estimate of drug-likeness (QED) is 0.0107. The van der Waals surface area contributed by atoms with Gasteiger partial charge in [0.25, 0.3) is 0 Å². The fraction of sp³-hybridized carbons (Fsp3) is 0.340. The van der Waals surface area contributed by atoms with Crippen molar-refractivity contribution >= 4 is 46.9 Å². The van der Waals surface area contributed by atoms with Gasteiger partial charge in [0.1, 0.15) is 23.0 Å². The van der Waals surface area contributed by atoms with E-state index in [1.165, 1.54) is 0 Å². The maximum atomic E-state index is 13.6. The Morgan fingerprint density at radius 2 is 1.12 bits per heavy atom. The summed E-state index contributed by atoms with van der Waals surface area (Å²) in [5.74, 6) is 0.166. The topological polar surface area (TPSA) is 165 Å². The molecule has 4 aromatic carbocycles. The number of nitrogens with zero attached hydrogens (tertiary/aromatic N) is 4. The van der Waals surface area contributed by atoms with Crippen LogP contribution in [-0.4, -0.2) is 73.0 Å². The summed E-state index contributed by atoms with van der Waals surface area (Å²) >= 11 is 0. The van der Waals surface area contributed by atoms with Crippen LogP contribution in [0, 0.1) is 0 Å². The molecular weight excluding hydrogens is 853 g/mol. The molecule has 0 aliphatic rings. The van der Waals surface area contributed by atoms with Crippen LogP contribution in [0.2, 0.25) is 0 Å². The zero-order valence-electron chi connectivity index (χ0n) is 38.3. The lowest BCUT2D eigenvalue weighted by atomic mass is 10.2. The largest absolute Gasteiger partial charge is 0.494 e. The van der Waals surface area contributed by atoms with Gasteiger partial charge in [0.2, 0.25) is 0 Å². The van der Waals surface area contributed by atoms with E-state index >= 15 is 0 Å². The molecule has 0 saturated heterocycles. The molecule has 0 spiro atoms. The Hall–Kier alpha value is -7.35. The van der Waals surface area contributed by atoms with Crippen molar-refractivity contribution < 1.29 is 47.6 Å². The Kier molecular flexibility index (Phi) is 21.6. The van der Waals surface area contributed by atoms with Gasteiger partial charge in [-0.05, 0) is 137 Å². The second kappa shape index (κ2) is 28.5. The molecule has 0 bridgehead atoms. The van der Waals surface area contributed by atoms with Gasteiger partial charge >= 0.3 is 23.9 Å². The number of aromatic nitrogens is 2. The van der Waals surface area contributed by atoms with Crippen molar-refractivity contribution in [2.24, 2.45) is 5.10 Å². The van der Waals surface area contributed by atoms with Crippen molar-refractivity contribution in [1.29, 1.82) is 0 Å². The SMILES string of the molecule is C=CC(=O)OCCCCCCOc1ccc(C(=O)Oc2ccc(OC(=O)c3ccc(OCCCCCCOC(=O)C=C)cc3)c(/C=N/N(CCCCCC)c3cnc4ccccc4n3)c2)cc1. The lowest BCUT2D eigenvalue weighted by Gasteiger charge is -2.18. The molecule has 0 amide bonds. The van der Waals surface area contributed by atoms with Crippen molar-refractivity contribution in [3.05, 3.63) is 139 Å². The van der Waals surface area contributed by atoms with E-state index in [9.17, 15) is 19.2 Å². The average Bonchev–Trinajstić information content (AvgIpc) is 3.35. The van der Waals surface area contributed by atoms with Crippen LogP contribution in [0.3, 0.4) is 0 Å². The van der Waals surface area contributed by atoms with Crippen LogP contribution in [-0.2, 0) is 19.1 Å². The molecule has 5 aromatic rings. The van der Waals surface area contributed by atoms with Gasteiger partial charge in [-0.15, -0.1) is 0 Å². The van der Waals surface area contributed by atoms with E-state index in [1.54, 1.807) is 84.2 Å². The first-order chi connectivity index (χ1) is 32.8. The second-order valence-corrected chi connectivity index (χ2v) is 15.4. The molecule has 1 heterocycles. The predicted octanol–water partition coefficient (Wildman–Crippen LogP) is 10.8. The number of para-hydroxylation sites is 2. The van der Waals surface area contributed by atoms with Crippen molar-refractivity contribution in [2.45, 2.75) is 84.0 Å². The number of benzene rings is 4. The van der Waals surface area contributed by atoms with Gasteiger partial charge in [-0.3, -0.25) is 4.98 Å². The first kappa shape index (κ1) is 50.6. The molecule has 0 N–H and O–H groups in total. The van der Waals surface area contributed by atoms with Crippen LogP contribution >= 0.6 is 0 Å². The maximum Gasteiger partial charge on any atom is 0.343 e. The van der Waals surface area contributed by atoms with Crippen molar-refractivity contribution in [2.75, 3.05) is 38.0 Å². The number of esters is 4. The molecule has 1 aromatic heterocycles. The van der Waals surface area contributed by atoms with Gasteiger partial charge in [-0.25, -0.2) is 29.2 Å². The highest BCUT2D eigenvalue weighted by molar-refractivity contribution is 5.94. The molecule has 14 nitrogen and oxygen atoms in total. The van der Waals surface area contributed by atoms with Gasteiger partial charge in [-0.2, -0.15) is 5.10 Å². The van der Waals surface area contributed by atoms with Crippen LogP contribution in [0.1, 0.15) is 110 Å². The Morgan fingerprint density at radius 1 is 0.597 bits per heavy atom. The summed E-state index contributed by atoms with van der Waals surface area (Å²) in [6.07, 6.45) is 16.4. The molecule has 0 aliphatic heterocycles. The number of rotatable bonds is 30. The molecular formula is C53H60N4O10. The Morgan fingerprint density at radius 3 is 1.69 bits per heavy atom. The third-order valence-electron chi connectivity index (χ3n) is 10.3. The van der Waals surface area contributed by atoms with E-state index in [2.05, 4.69) is 25.1 Å². The molecule has 67 heavy (non-hydrogen) atoms. The Balaban J connectivity index is 1.25. The highest BCUT2D eigenvalue weighted by atomic mass is 16.5. The number of hydrazone groups is 1. The summed E-state index contributed by atoms with van der Waals surface area (Å²) in [6, 6.07) is 25.7. The molecule has 5 rings (SSSR count). The molecule has 0 fully saturated rings. The van der Waals surface area contributed by atoms with E-state index in [0.717, 1.165) is 100 Å². The fourth-order valence-corrected chi connectivity index (χ4v) is 6.57. The number of ether oxygens (including phenoxy) is 6. The van der Waals surface area contributed by atoms with E-state index in [4.69, 9.17) is 38.5 Å². The molecule has 0 saturated carbocycles. The number of carbonyl (C=O) groups is 4. The monoisotopic (exact) mass is 912 g/mol. The normalized spacial score (nSPS) is 10.9. The van der Waals surface area contributed by atoms with Gasteiger partial charge < -0.3 is 28.4 Å². The van der Waals surface area contributed by atoms with Gasteiger partial charge in [0.15, 0.2) is 5.82 Å². The minimum Gasteiger partial charge on any atom is -0.494 e. The van der Waals surface area contributed by atoms with Crippen molar-refractivity contribution in [3.63, 3.8) is 0 Å². The van der Waals surface area contributed by atoms with E-state index in [0.29, 0.717) is 67.0 Å². The standard InChI is InChI=1S/C53H60N4O10/c1-4-7-8-15-32-57(49-39-54-46-20-13-14-21-47(46)56-49)55-38-42-37-45(66-52(60)40-22-26-43(27-23-40)62-33-16-9-11-18-35-64-50(58)5-2)30-31-48(42)67-53(61)41-24-28-44(29-25-41)63-34-17-10-12-19-36-65-51(59)6-3/h5-6,13-14,20-31,37-39H,2-4,7-12,15-19,32-36H2,1H3/b55-38+. The molecule has 352 valence electrons. The summed E-state index contributed by atoms with van der Waals surface area (Å²) in [5.41, 5.74) is 2.49. The zero-order chi connectivity index (χ0) is 47.5. The highest BCUT2D eigenvalue weighted by Crippen LogP contribution is 2.27. The van der Waals surface area contributed by atoms with Crippen molar-refractivity contribution in [3.8, 4) is 23.0 Å². The van der Waals surface area contributed by atoms with Crippen LogP contribution in [0.5, 0.6) is 23.0 Å². The highest BCUT2D eigenvalue weighted by Gasteiger charge is 2.17. The molecule has 0 atom stereocenters. The molecule has 0 radical (unpaired) electrons. The third-order valence-corrected chi connectivity index (χ3v) is 10.3. The average molecular weight is 913 g/mol. The molecule has 0 aliphatic carbocycles. The molecule has 0 unspecified atom stereocenters. The summed E-state index contributed by atoms with van der Waals surface area (Å²) in [5, 5.41) is 6.60. The second-order valence-electron chi connectivity index (χ2n) is 15.4. The van der Waals surface area contributed by atoms with Crippen LogP contribution in [0.25, 0.3) is 11.0 Å². The number of hydrogen-bond donors (Lipinski definition) is 0. The third kappa shape index (κ3) is 17.9. The fourth-order valence-electron chi connectivity index (χ4n) is 6.57. The Labute approximate surface area is 392 Å². The minimum atomic E-state index is -0.603. The van der Waals surface area contributed by atoms with Gasteiger partial charge in [0, 0.05) is 24.3 Å². The first-order valence-corrected chi connectivity index (χ1v) is 22.9. The van der Waals surface area contributed by atoms with Crippen LogP contribution in [0.15, 0.2) is 128 Å². The van der Waals surface area contributed by atoms with Gasteiger partial charge in [-0.1, -0.05) is 51.5 Å². The smallest absolute Gasteiger partial charge is 0.343 e. The van der Waals surface area contributed by atoms with Crippen LogP contribution in [0.4, 0.5) is 5.82 Å². The number of carbonyl (C=O) groups excluding carboxylic acids is 4. The first-order valence-electron chi connectivity index (χ1n) is 22.9. The minimum absolute atomic E-state index is 0.196. The maximum absolute atomic E-state index is 13.6. The lowest BCUT2D eigenvalue weighted by molar-refractivity contribution is -0.138. The number of fused-ring (bicyclic) bond motifs is 1. The van der Waals surface area contributed by atoms with E-state index in [-0.39, 0.29) is 11.5 Å². The summed E-state index contributed by atoms with van der Waals surface area (Å²) in [7, 11) is 0. The van der Waals surface area contributed by atoms with E-state index in [1.807, 2.05) is 24.3 Å². The van der Waals surface area contributed by atoms with Crippen LogP contribution < -0.4 is 24.0 Å². The van der Waals surface area contributed by atoms with Crippen molar-refractivity contribution in [1.82, 2.24) is 9.97 Å². The molecule has 14 heteroatoms.